The van der Waals surface area contributed by atoms with Crippen LogP contribution in [0.5, 0.6) is 0 Å². The molecule has 0 fully saturated rings. The van der Waals surface area contributed by atoms with E-state index in [1.165, 1.54) is 17.8 Å². The van der Waals surface area contributed by atoms with E-state index >= 15 is 0 Å². The standard InChI is InChI=1S/C17H18N2O3S2/c1-12-17(20)19-15-11-14(7-8-16(15)23-12)24(21,22)18-10-9-13-5-3-2-4-6-13/h2-8,11-12,18H,9-10H2,1H3,(H,19,20)/t12-/m1/s1. The molecule has 5 nitrogen and oxygen atoms in total. The number of rotatable bonds is 5. The molecule has 0 bridgehead atoms. The minimum Gasteiger partial charge on any atom is -0.324 e. The normalized spacial score (nSPS) is 17.2. The number of hydrogen-bond donors (Lipinski definition) is 2. The Balaban J connectivity index is 1.71. The van der Waals surface area contributed by atoms with Crippen molar-refractivity contribution in [3.63, 3.8) is 0 Å². The maximum atomic E-state index is 12.4. The molecule has 1 aliphatic rings. The lowest BCUT2D eigenvalue weighted by Gasteiger charge is -2.21. The zero-order valence-corrected chi connectivity index (χ0v) is 14.8. The van der Waals surface area contributed by atoms with Crippen molar-refractivity contribution in [3.8, 4) is 0 Å². The first-order valence-corrected chi connectivity index (χ1v) is 9.97. The van der Waals surface area contributed by atoms with E-state index in [-0.39, 0.29) is 16.1 Å². The molecule has 126 valence electrons. The quantitative estimate of drug-likeness (QED) is 0.857. The van der Waals surface area contributed by atoms with Crippen LogP contribution in [0.3, 0.4) is 0 Å². The third kappa shape index (κ3) is 3.80. The second kappa shape index (κ2) is 6.96. The van der Waals surface area contributed by atoms with E-state index < -0.39 is 10.0 Å². The van der Waals surface area contributed by atoms with E-state index in [4.69, 9.17) is 0 Å². The number of hydrogen-bond acceptors (Lipinski definition) is 4. The van der Waals surface area contributed by atoms with Crippen molar-refractivity contribution in [3.05, 3.63) is 54.1 Å². The van der Waals surface area contributed by atoms with E-state index in [0.29, 0.717) is 18.7 Å². The molecule has 0 aromatic heterocycles. The molecule has 1 atom stereocenters. The highest BCUT2D eigenvalue weighted by atomic mass is 32.2. The van der Waals surface area contributed by atoms with Gasteiger partial charge in [-0.1, -0.05) is 30.3 Å². The molecule has 2 N–H and O–H groups in total. The molecule has 2 aromatic rings. The van der Waals surface area contributed by atoms with Crippen LogP contribution >= 0.6 is 11.8 Å². The number of sulfonamides is 1. The van der Waals surface area contributed by atoms with Gasteiger partial charge < -0.3 is 5.32 Å². The van der Waals surface area contributed by atoms with Crippen LogP contribution in [0.4, 0.5) is 5.69 Å². The molecular weight excluding hydrogens is 344 g/mol. The van der Waals surface area contributed by atoms with E-state index in [1.807, 2.05) is 37.3 Å². The van der Waals surface area contributed by atoms with E-state index in [0.717, 1.165) is 10.5 Å². The molecular formula is C17H18N2O3S2. The third-order valence-electron chi connectivity index (χ3n) is 3.74. The fourth-order valence-corrected chi connectivity index (χ4v) is 4.40. The van der Waals surface area contributed by atoms with Gasteiger partial charge in [-0.3, -0.25) is 4.79 Å². The van der Waals surface area contributed by atoms with Crippen LogP contribution in [0.1, 0.15) is 12.5 Å². The first-order chi connectivity index (χ1) is 11.5. The molecule has 1 aliphatic heterocycles. The van der Waals surface area contributed by atoms with Crippen LogP contribution < -0.4 is 10.0 Å². The molecule has 1 heterocycles. The number of fused-ring (bicyclic) bond motifs is 1. The SMILES string of the molecule is C[C@H]1Sc2ccc(S(=O)(=O)NCCc3ccccc3)cc2NC1=O. The summed E-state index contributed by atoms with van der Waals surface area (Å²) < 4.78 is 27.5. The summed E-state index contributed by atoms with van der Waals surface area (Å²) in [5, 5.41) is 2.58. The molecule has 2 aromatic carbocycles. The molecule has 3 rings (SSSR count). The summed E-state index contributed by atoms with van der Waals surface area (Å²) in [6.07, 6.45) is 0.620. The van der Waals surface area contributed by atoms with Crippen LogP contribution in [0, 0.1) is 0 Å². The fraction of sp³-hybridized carbons (Fsp3) is 0.235. The Bertz CT molecular complexity index is 851. The molecule has 7 heteroatoms. The minimum absolute atomic E-state index is 0.112. The Hall–Kier alpha value is -1.83. The van der Waals surface area contributed by atoms with Crippen molar-refractivity contribution < 1.29 is 13.2 Å². The zero-order valence-electron chi connectivity index (χ0n) is 13.2. The fourth-order valence-electron chi connectivity index (χ4n) is 2.41. The van der Waals surface area contributed by atoms with Gasteiger partial charge in [0.15, 0.2) is 0 Å². The van der Waals surface area contributed by atoms with Gasteiger partial charge in [0.2, 0.25) is 15.9 Å². The van der Waals surface area contributed by atoms with Crippen molar-refractivity contribution in [2.24, 2.45) is 0 Å². The van der Waals surface area contributed by atoms with Gasteiger partial charge in [-0.15, -0.1) is 11.8 Å². The second-order valence-electron chi connectivity index (χ2n) is 5.54. The maximum absolute atomic E-state index is 12.4. The first-order valence-electron chi connectivity index (χ1n) is 7.61. The zero-order chi connectivity index (χ0) is 17.2. The predicted octanol–water partition coefficient (Wildman–Crippen LogP) is 2.64. The lowest BCUT2D eigenvalue weighted by Crippen LogP contribution is -2.28. The second-order valence-corrected chi connectivity index (χ2v) is 8.69. The van der Waals surface area contributed by atoms with E-state index in [9.17, 15) is 13.2 Å². The van der Waals surface area contributed by atoms with Crippen molar-refractivity contribution in [2.45, 2.75) is 28.4 Å². The Kier molecular flexibility index (Phi) is 4.93. The van der Waals surface area contributed by atoms with Crippen LogP contribution in [0.15, 0.2) is 58.3 Å². The molecule has 0 spiro atoms. The van der Waals surface area contributed by atoms with Gasteiger partial charge in [0.25, 0.3) is 0 Å². The number of nitrogens with one attached hydrogen (secondary N) is 2. The van der Waals surface area contributed by atoms with Gasteiger partial charge in [0, 0.05) is 11.4 Å². The average molecular weight is 362 g/mol. The molecule has 0 unspecified atom stereocenters. The van der Waals surface area contributed by atoms with Gasteiger partial charge in [-0.2, -0.15) is 0 Å². The lowest BCUT2D eigenvalue weighted by molar-refractivity contribution is -0.115. The molecule has 0 aliphatic carbocycles. The maximum Gasteiger partial charge on any atom is 0.240 e. The molecule has 1 amide bonds. The van der Waals surface area contributed by atoms with Crippen molar-refractivity contribution in [1.29, 1.82) is 0 Å². The molecule has 0 saturated carbocycles. The van der Waals surface area contributed by atoms with Crippen LogP contribution in [-0.4, -0.2) is 26.1 Å². The predicted molar refractivity (Wildman–Crippen MR) is 95.7 cm³/mol. The van der Waals surface area contributed by atoms with Gasteiger partial charge in [-0.25, -0.2) is 13.1 Å². The van der Waals surface area contributed by atoms with Gasteiger partial charge in [0.1, 0.15) is 0 Å². The number of carbonyl (C=O) groups is 1. The largest absolute Gasteiger partial charge is 0.324 e. The smallest absolute Gasteiger partial charge is 0.240 e. The number of benzene rings is 2. The number of carbonyl (C=O) groups excluding carboxylic acids is 1. The third-order valence-corrected chi connectivity index (χ3v) is 6.38. The summed E-state index contributed by atoms with van der Waals surface area (Å²) in [5.74, 6) is -0.112. The number of thioether (sulfide) groups is 1. The first kappa shape index (κ1) is 17.0. The summed E-state index contributed by atoms with van der Waals surface area (Å²) in [6, 6.07) is 14.5. The van der Waals surface area contributed by atoms with E-state index in [1.54, 1.807) is 12.1 Å². The Morgan fingerprint density at radius 2 is 1.92 bits per heavy atom. The lowest BCUT2D eigenvalue weighted by atomic mass is 10.2. The van der Waals surface area contributed by atoms with Gasteiger partial charge in [-0.05, 0) is 37.1 Å². The summed E-state index contributed by atoms with van der Waals surface area (Å²) in [5.41, 5.74) is 1.62. The summed E-state index contributed by atoms with van der Waals surface area (Å²) in [7, 11) is -3.61. The molecule has 24 heavy (non-hydrogen) atoms. The highest BCUT2D eigenvalue weighted by Gasteiger charge is 2.24. The highest BCUT2D eigenvalue weighted by Crippen LogP contribution is 2.36. The van der Waals surface area contributed by atoms with Crippen LogP contribution in [0.25, 0.3) is 0 Å². The minimum atomic E-state index is -3.61. The number of anilines is 1. The summed E-state index contributed by atoms with van der Waals surface area (Å²) >= 11 is 1.43. The van der Waals surface area contributed by atoms with Crippen molar-refractivity contribution in [1.82, 2.24) is 4.72 Å². The number of amides is 1. The Morgan fingerprint density at radius 1 is 1.17 bits per heavy atom. The van der Waals surface area contributed by atoms with Crippen LogP contribution in [-0.2, 0) is 21.2 Å². The molecule has 0 radical (unpaired) electrons. The topological polar surface area (TPSA) is 75.3 Å². The summed E-state index contributed by atoms with van der Waals surface area (Å²) in [4.78, 5) is 12.8. The van der Waals surface area contributed by atoms with Gasteiger partial charge in [0.05, 0.1) is 15.8 Å². The molecule has 0 saturated heterocycles. The summed E-state index contributed by atoms with van der Waals surface area (Å²) in [6.45, 7) is 2.14. The average Bonchev–Trinajstić information content (AvgIpc) is 2.56. The van der Waals surface area contributed by atoms with Crippen LogP contribution in [0.2, 0.25) is 0 Å². The van der Waals surface area contributed by atoms with Crippen molar-refractivity contribution >= 4 is 33.4 Å². The van der Waals surface area contributed by atoms with E-state index in [2.05, 4.69) is 10.0 Å². The van der Waals surface area contributed by atoms with Gasteiger partial charge >= 0.3 is 0 Å². The van der Waals surface area contributed by atoms with Crippen molar-refractivity contribution in [2.75, 3.05) is 11.9 Å². The highest BCUT2D eigenvalue weighted by molar-refractivity contribution is 8.01. The monoisotopic (exact) mass is 362 g/mol. The Labute approximate surface area is 145 Å². The Morgan fingerprint density at radius 3 is 2.67 bits per heavy atom.